The molecule has 0 spiro atoms. The zero-order valence-corrected chi connectivity index (χ0v) is 20.2. The van der Waals surface area contributed by atoms with Crippen molar-refractivity contribution in [1.29, 1.82) is 0 Å². The van der Waals surface area contributed by atoms with Crippen LogP contribution >= 0.6 is 11.6 Å². The van der Waals surface area contributed by atoms with Gasteiger partial charge in [-0.05, 0) is 60.2 Å². The molecule has 0 atom stereocenters. The van der Waals surface area contributed by atoms with Gasteiger partial charge in [0.25, 0.3) is 5.91 Å². The Balaban J connectivity index is 1.71. The summed E-state index contributed by atoms with van der Waals surface area (Å²) in [5, 5.41) is 4.49. The molecule has 3 rings (SSSR count). The van der Waals surface area contributed by atoms with Gasteiger partial charge in [-0.3, -0.25) is 4.79 Å². The van der Waals surface area contributed by atoms with E-state index in [4.69, 9.17) is 35.3 Å². The third-order valence-electron chi connectivity index (χ3n) is 4.78. The number of halogens is 1. The normalized spacial score (nSPS) is 10.5. The first-order valence-electron chi connectivity index (χ1n) is 10.2. The average molecular weight is 499 g/mol. The maximum atomic E-state index is 12.6. The van der Waals surface area contributed by atoms with Gasteiger partial charge in [-0.25, -0.2) is 10.2 Å². The van der Waals surface area contributed by atoms with Crippen molar-refractivity contribution in [2.75, 3.05) is 28.4 Å². The lowest BCUT2D eigenvalue weighted by Crippen LogP contribution is -2.18. The van der Waals surface area contributed by atoms with E-state index >= 15 is 0 Å². The summed E-state index contributed by atoms with van der Waals surface area (Å²) in [5.41, 5.74) is 3.64. The van der Waals surface area contributed by atoms with Crippen LogP contribution in [0.2, 0.25) is 5.02 Å². The average Bonchev–Trinajstić information content (AvgIpc) is 2.88. The molecule has 0 saturated carbocycles. The largest absolute Gasteiger partial charge is 0.493 e. The minimum atomic E-state index is -0.556. The van der Waals surface area contributed by atoms with Crippen molar-refractivity contribution in [3.8, 4) is 28.7 Å². The topological polar surface area (TPSA) is 105 Å². The Bertz CT molecular complexity index is 1220. The summed E-state index contributed by atoms with van der Waals surface area (Å²) >= 11 is 5.85. The zero-order chi connectivity index (χ0) is 25.4. The van der Waals surface area contributed by atoms with Crippen LogP contribution in [-0.2, 0) is 0 Å². The van der Waals surface area contributed by atoms with Crippen molar-refractivity contribution >= 4 is 29.7 Å². The molecule has 1 N–H and O–H groups in total. The number of carbonyl (C=O) groups excluding carboxylic acids is 2. The monoisotopic (exact) mass is 498 g/mol. The second kappa shape index (κ2) is 11.8. The molecule has 1 amide bonds. The Kier molecular flexibility index (Phi) is 8.53. The number of esters is 1. The second-order valence-corrected chi connectivity index (χ2v) is 7.36. The summed E-state index contributed by atoms with van der Waals surface area (Å²) in [6.07, 6.45) is 1.42. The standard InChI is InChI=1S/C25H23ClN2O7/c1-31-20-11-15(5-10-19(20)35-25(30)16-6-8-18(26)9-7-16)14-27-28-24(29)17-12-21(32-2)23(34-4)22(13-17)33-3/h5-14H,1-4H3,(H,28,29). The Morgan fingerprint density at radius 1 is 0.771 bits per heavy atom. The lowest BCUT2D eigenvalue weighted by molar-refractivity contribution is 0.0729. The lowest BCUT2D eigenvalue weighted by atomic mass is 10.1. The number of ether oxygens (including phenoxy) is 5. The Morgan fingerprint density at radius 3 is 1.97 bits per heavy atom. The second-order valence-electron chi connectivity index (χ2n) is 6.92. The first kappa shape index (κ1) is 25.4. The Morgan fingerprint density at radius 2 is 1.40 bits per heavy atom. The van der Waals surface area contributed by atoms with Crippen LogP contribution < -0.4 is 29.1 Å². The quantitative estimate of drug-likeness (QED) is 0.202. The van der Waals surface area contributed by atoms with E-state index in [1.165, 1.54) is 46.8 Å². The van der Waals surface area contributed by atoms with Crippen molar-refractivity contribution in [1.82, 2.24) is 5.43 Å². The lowest BCUT2D eigenvalue weighted by Gasteiger charge is -2.13. The highest BCUT2D eigenvalue weighted by Crippen LogP contribution is 2.38. The number of nitrogens with zero attached hydrogens (tertiary/aromatic N) is 1. The number of nitrogens with one attached hydrogen (secondary N) is 1. The van der Waals surface area contributed by atoms with Crippen LogP contribution in [0.1, 0.15) is 26.3 Å². The van der Waals surface area contributed by atoms with E-state index in [1.54, 1.807) is 42.5 Å². The molecule has 3 aromatic rings. The highest BCUT2D eigenvalue weighted by Gasteiger charge is 2.17. The van der Waals surface area contributed by atoms with Crippen molar-refractivity contribution in [2.45, 2.75) is 0 Å². The van der Waals surface area contributed by atoms with E-state index in [0.717, 1.165) is 0 Å². The highest BCUT2D eigenvalue weighted by atomic mass is 35.5. The summed E-state index contributed by atoms with van der Waals surface area (Å²) in [7, 11) is 5.84. The number of carbonyl (C=O) groups is 2. The molecule has 35 heavy (non-hydrogen) atoms. The van der Waals surface area contributed by atoms with Crippen LogP contribution in [-0.4, -0.2) is 46.5 Å². The SMILES string of the molecule is COc1cc(C=NNC(=O)c2cc(OC)c(OC)c(OC)c2)ccc1OC(=O)c1ccc(Cl)cc1. The van der Waals surface area contributed by atoms with Gasteiger partial charge >= 0.3 is 5.97 Å². The zero-order valence-electron chi connectivity index (χ0n) is 19.5. The van der Waals surface area contributed by atoms with E-state index in [9.17, 15) is 9.59 Å². The number of hydrazone groups is 1. The molecular formula is C25H23ClN2O7. The fourth-order valence-electron chi connectivity index (χ4n) is 3.04. The van der Waals surface area contributed by atoms with Crippen LogP contribution in [0.5, 0.6) is 28.7 Å². The smallest absolute Gasteiger partial charge is 0.343 e. The van der Waals surface area contributed by atoms with Crippen LogP contribution in [0.25, 0.3) is 0 Å². The summed E-state index contributed by atoms with van der Waals surface area (Å²) in [6, 6.07) is 14.2. The first-order chi connectivity index (χ1) is 16.9. The van der Waals surface area contributed by atoms with E-state index in [2.05, 4.69) is 10.5 Å². The number of amides is 1. The molecule has 3 aromatic carbocycles. The van der Waals surface area contributed by atoms with Gasteiger partial charge in [0.15, 0.2) is 23.0 Å². The number of hydrogen-bond donors (Lipinski definition) is 1. The van der Waals surface area contributed by atoms with Crippen LogP contribution in [0.4, 0.5) is 0 Å². The van der Waals surface area contributed by atoms with Gasteiger partial charge in [0.1, 0.15) is 0 Å². The minimum Gasteiger partial charge on any atom is -0.493 e. The molecule has 0 fully saturated rings. The van der Waals surface area contributed by atoms with Crippen LogP contribution in [0.15, 0.2) is 59.7 Å². The van der Waals surface area contributed by atoms with Crippen LogP contribution in [0, 0.1) is 0 Å². The summed E-state index contributed by atoms with van der Waals surface area (Å²) in [5.74, 6) is 0.557. The molecule has 0 aromatic heterocycles. The fraction of sp³-hybridized carbons (Fsp3) is 0.160. The molecule has 9 nitrogen and oxygen atoms in total. The minimum absolute atomic E-state index is 0.228. The predicted octanol–water partition coefficient (Wildman–Crippen LogP) is 4.36. The maximum Gasteiger partial charge on any atom is 0.343 e. The molecule has 0 radical (unpaired) electrons. The van der Waals surface area contributed by atoms with Gasteiger partial charge in [0.2, 0.25) is 5.75 Å². The van der Waals surface area contributed by atoms with Crippen LogP contribution in [0.3, 0.4) is 0 Å². The maximum absolute atomic E-state index is 12.6. The molecule has 0 unspecified atom stereocenters. The van der Waals surface area contributed by atoms with E-state index in [0.29, 0.717) is 39.1 Å². The molecule has 0 bridgehead atoms. The molecule has 182 valence electrons. The van der Waals surface area contributed by atoms with Crippen molar-refractivity contribution in [2.24, 2.45) is 5.10 Å². The van der Waals surface area contributed by atoms with E-state index < -0.39 is 11.9 Å². The van der Waals surface area contributed by atoms with Gasteiger partial charge in [0, 0.05) is 10.6 Å². The van der Waals surface area contributed by atoms with Gasteiger partial charge < -0.3 is 23.7 Å². The molecule has 0 saturated heterocycles. The third kappa shape index (κ3) is 6.21. The number of benzene rings is 3. The number of rotatable bonds is 9. The van der Waals surface area contributed by atoms with Gasteiger partial charge in [-0.1, -0.05) is 11.6 Å². The van der Waals surface area contributed by atoms with E-state index in [-0.39, 0.29) is 11.3 Å². The van der Waals surface area contributed by atoms with Crippen molar-refractivity contribution in [3.63, 3.8) is 0 Å². The van der Waals surface area contributed by atoms with Crippen molar-refractivity contribution in [3.05, 3.63) is 76.3 Å². The number of methoxy groups -OCH3 is 4. The van der Waals surface area contributed by atoms with Gasteiger partial charge in [-0.2, -0.15) is 5.10 Å². The molecule has 0 heterocycles. The summed E-state index contributed by atoms with van der Waals surface area (Å²) < 4.78 is 26.5. The van der Waals surface area contributed by atoms with Gasteiger partial charge in [-0.15, -0.1) is 0 Å². The van der Waals surface area contributed by atoms with Crippen molar-refractivity contribution < 1.29 is 33.3 Å². The molecular weight excluding hydrogens is 476 g/mol. The third-order valence-corrected chi connectivity index (χ3v) is 5.03. The first-order valence-corrected chi connectivity index (χ1v) is 10.6. The Labute approximate surface area is 207 Å². The summed E-state index contributed by atoms with van der Waals surface area (Å²) in [4.78, 5) is 24.9. The van der Waals surface area contributed by atoms with E-state index in [1.807, 2.05) is 0 Å². The fourth-order valence-corrected chi connectivity index (χ4v) is 3.16. The predicted molar refractivity (Wildman–Crippen MR) is 131 cm³/mol. The molecule has 0 aliphatic carbocycles. The highest BCUT2D eigenvalue weighted by molar-refractivity contribution is 6.30. The summed E-state index contributed by atoms with van der Waals surface area (Å²) in [6.45, 7) is 0. The molecule has 0 aliphatic rings. The number of hydrogen-bond acceptors (Lipinski definition) is 8. The van der Waals surface area contributed by atoms with Gasteiger partial charge in [0.05, 0.1) is 40.2 Å². The molecule has 0 aliphatic heterocycles. The Hall–Kier alpha value is -4.24. The molecule has 10 heteroatoms.